The van der Waals surface area contributed by atoms with E-state index in [0.29, 0.717) is 5.39 Å². The monoisotopic (exact) mass is 398 g/mol. The molecule has 0 atom stereocenters. The van der Waals surface area contributed by atoms with Gasteiger partial charge in [-0.05, 0) is 23.7 Å². The molecule has 0 saturated carbocycles. The molecule has 4 rings (SSSR count). The highest BCUT2D eigenvalue weighted by Crippen LogP contribution is 2.41. The largest absolute Gasteiger partial charge is 0.297 e. The molecule has 2 aromatic heterocycles. The smallest absolute Gasteiger partial charge is 0.262 e. The Kier molecular flexibility index (Phi) is 3.71. The zero-order valence-corrected chi connectivity index (χ0v) is 14.4. The Bertz CT molecular complexity index is 1280. The topological polar surface area (TPSA) is 63.6 Å². The molecule has 0 aliphatic heterocycles. The molecule has 10 heteroatoms. The molecule has 0 saturated heterocycles. The predicted octanol–water partition coefficient (Wildman–Crippen LogP) is 4.20. The van der Waals surface area contributed by atoms with Crippen LogP contribution in [-0.4, -0.2) is 19.7 Å². The summed E-state index contributed by atoms with van der Waals surface area (Å²) >= 11 is 11.6. The molecule has 0 spiro atoms. The number of aromatic nitrogens is 4. The first-order valence-electron chi connectivity index (χ1n) is 7.17. The minimum absolute atomic E-state index is 0.209. The quantitative estimate of drug-likeness (QED) is 0.386. The van der Waals surface area contributed by atoms with Crippen molar-refractivity contribution in [2.75, 3.05) is 0 Å². The fourth-order valence-corrected chi connectivity index (χ4v) is 3.38. The molecule has 132 valence electrons. The van der Waals surface area contributed by atoms with Crippen LogP contribution in [0.15, 0.2) is 23.1 Å². The van der Waals surface area contributed by atoms with Crippen molar-refractivity contribution in [3.05, 3.63) is 56.4 Å². The van der Waals surface area contributed by atoms with Gasteiger partial charge in [-0.2, -0.15) is 5.10 Å². The van der Waals surface area contributed by atoms with Crippen molar-refractivity contribution < 1.29 is 13.2 Å². The number of aromatic amines is 1. The highest BCUT2D eigenvalue weighted by Gasteiger charge is 2.27. The summed E-state index contributed by atoms with van der Waals surface area (Å²) in [7, 11) is 1.52. The van der Waals surface area contributed by atoms with Crippen LogP contribution in [0.5, 0.6) is 0 Å². The van der Waals surface area contributed by atoms with Gasteiger partial charge in [0.25, 0.3) is 5.56 Å². The lowest BCUT2D eigenvalue weighted by Gasteiger charge is -2.13. The molecule has 2 aromatic carbocycles. The highest BCUT2D eigenvalue weighted by atomic mass is 35.5. The van der Waals surface area contributed by atoms with E-state index >= 15 is 4.39 Å². The maximum Gasteiger partial charge on any atom is 0.262 e. The van der Waals surface area contributed by atoms with E-state index < -0.39 is 49.8 Å². The van der Waals surface area contributed by atoms with Crippen molar-refractivity contribution in [2.45, 2.75) is 0 Å². The van der Waals surface area contributed by atoms with Gasteiger partial charge in [0.1, 0.15) is 16.7 Å². The average molecular weight is 399 g/mol. The van der Waals surface area contributed by atoms with Crippen molar-refractivity contribution >= 4 is 45.0 Å². The summed E-state index contributed by atoms with van der Waals surface area (Å²) in [6, 6.07) is 2.54. The second-order valence-corrected chi connectivity index (χ2v) is 6.26. The Morgan fingerprint density at radius 3 is 2.58 bits per heavy atom. The first-order chi connectivity index (χ1) is 12.3. The fourth-order valence-electron chi connectivity index (χ4n) is 2.94. The van der Waals surface area contributed by atoms with Crippen LogP contribution in [-0.2, 0) is 7.05 Å². The lowest BCUT2D eigenvalue weighted by atomic mass is 9.99. The molecule has 0 aliphatic rings. The van der Waals surface area contributed by atoms with Crippen molar-refractivity contribution in [1.29, 1.82) is 0 Å². The van der Waals surface area contributed by atoms with Gasteiger partial charge in [-0.15, -0.1) is 0 Å². The van der Waals surface area contributed by atoms with Crippen molar-refractivity contribution in [3.63, 3.8) is 0 Å². The van der Waals surface area contributed by atoms with Crippen LogP contribution in [0.3, 0.4) is 0 Å². The average Bonchev–Trinajstić information content (AvgIpc) is 2.95. The number of hydrogen-bond acceptors (Lipinski definition) is 3. The van der Waals surface area contributed by atoms with E-state index in [2.05, 4.69) is 15.1 Å². The van der Waals surface area contributed by atoms with Crippen LogP contribution in [0.25, 0.3) is 32.9 Å². The van der Waals surface area contributed by atoms with Crippen LogP contribution in [0.4, 0.5) is 13.2 Å². The third-order valence-electron chi connectivity index (χ3n) is 4.05. The number of hydrogen-bond donors (Lipinski definition) is 1. The van der Waals surface area contributed by atoms with Gasteiger partial charge in [-0.1, -0.05) is 11.6 Å². The number of aryl methyl sites for hydroxylation is 1. The molecule has 0 amide bonds. The van der Waals surface area contributed by atoms with E-state index in [9.17, 15) is 13.6 Å². The first-order valence-corrected chi connectivity index (χ1v) is 7.93. The second-order valence-electron chi connectivity index (χ2n) is 5.53. The molecular weight excluding hydrogens is 392 g/mol. The molecule has 1 N–H and O–H groups in total. The maximum atomic E-state index is 15.2. The summed E-state index contributed by atoms with van der Waals surface area (Å²) in [6.07, 6.45) is 1.45. The first kappa shape index (κ1) is 16.9. The van der Waals surface area contributed by atoms with Crippen LogP contribution < -0.4 is 5.56 Å². The molecule has 0 bridgehead atoms. The van der Waals surface area contributed by atoms with E-state index in [1.165, 1.54) is 24.0 Å². The summed E-state index contributed by atoms with van der Waals surface area (Å²) in [5.41, 5.74) is -2.28. The number of H-pyrrole nitrogens is 1. The summed E-state index contributed by atoms with van der Waals surface area (Å²) in [4.78, 5) is 17.6. The van der Waals surface area contributed by atoms with Gasteiger partial charge in [0.15, 0.2) is 11.6 Å². The molecule has 0 fully saturated rings. The second kappa shape index (κ2) is 5.72. The van der Waals surface area contributed by atoms with Gasteiger partial charge >= 0.3 is 0 Å². The zero-order valence-electron chi connectivity index (χ0n) is 12.9. The van der Waals surface area contributed by atoms with Crippen LogP contribution in [0.2, 0.25) is 10.3 Å². The number of fused-ring (bicyclic) bond motifs is 2. The van der Waals surface area contributed by atoms with E-state index in [1.54, 1.807) is 0 Å². The van der Waals surface area contributed by atoms with Crippen LogP contribution in [0, 0.1) is 17.5 Å². The molecule has 0 radical (unpaired) electrons. The van der Waals surface area contributed by atoms with Gasteiger partial charge in [-0.3, -0.25) is 14.5 Å². The fraction of sp³-hybridized carbons (Fsp3) is 0.0625. The minimum atomic E-state index is -1.22. The number of halogens is 5. The SMILES string of the molecule is Cn1ncc2ccc(F)c(-c3c(Cl)c(F)c4c(=O)[nH]c(Cl)nc4c3F)c21. The summed E-state index contributed by atoms with van der Waals surface area (Å²) < 4.78 is 45.8. The highest BCUT2D eigenvalue weighted by molar-refractivity contribution is 6.35. The Balaban J connectivity index is 2.27. The van der Waals surface area contributed by atoms with Gasteiger partial charge < -0.3 is 0 Å². The summed E-state index contributed by atoms with van der Waals surface area (Å²) in [5, 5.41) is 2.62. The van der Waals surface area contributed by atoms with Crippen molar-refractivity contribution in [1.82, 2.24) is 19.7 Å². The van der Waals surface area contributed by atoms with Gasteiger partial charge in [-0.25, -0.2) is 18.2 Å². The lowest BCUT2D eigenvalue weighted by Crippen LogP contribution is -2.12. The minimum Gasteiger partial charge on any atom is -0.297 e. The Morgan fingerprint density at radius 2 is 1.85 bits per heavy atom. The van der Waals surface area contributed by atoms with Gasteiger partial charge in [0.05, 0.1) is 16.7 Å². The van der Waals surface area contributed by atoms with Crippen LogP contribution in [0.1, 0.15) is 0 Å². The molecular formula is C16H7Cl2F3N4O. The van der Waals surface area contributed by atoms with E-state index in [4.69, 9.17) is 23.2 Å². The number of nitrogens with one attached hydrogen (secondary N) is 1. The Hall–Kier alpha value is -2.58. The molecule has 0 aliphatic carbocycles. The molecule has 4 aromatic rings. The van der Waals surface area contributed by atoms with E-state index in [-0.39, 0.29) is 11.1 Å². The summed E-state index contributed by atoms with van der Waals surface area (Å²) in [5.74, 6) is -3.22. The van der Waals surface area contributed by atoms with E-state index in [1.807, 2.05) is 0 Å². The summed E-state index contributed by atoms with van der Waals surface area (Å²) in [6.45, 7) is 0. The Morgan fingerprint density at radius 1 is 1.12 bits per heavy atom. The Labute approximate surface area is 153 Å². The predicted molar refractivity (Wildman–Crippen MR) is 92.0 cm³/mol. The van der Waals surface area contributed by atoms with Gasteiger partial charge in [0, 0.05) is 23.6 Å². The number of nitrogens with zero attached hydrogens (tertiary/aromatic N) is 3. The third-order valence-corrected chi connectivity index (χ3v) is 4.59. The number of benzene rings is 2. The van der Waals surface area contributed by atoms with E-state index in [0.717, 1.165) is 6.07 Å². The maximum absolute atomic E-state index is 15.2. The standard InChI is InChI=1S/C16H7Cl2F3N4O/c1-25-14-5(4-22-25)2-3-6(19)7(14)8-10(17)11(20)9-13(12(8)21)23-16(18)24-15(9)26/h2-4H,1H3,(H,23,24,26). The van der Waals surface area contributed by atoms with Crippen molar-refractivity contribution in [3.8, 4) is 11.1 Å². The normalized spacial score (nSPS) is 11.6. The molecule has 5 nitrogen and oxygen atoms in total. The van der Waals surface area contributed by atoms with Crippen LogP contribution >= 0.6 is 23.2 Å². The molecule has 0 unspecified atom stereocenters. The zero-order chi connectivity index (χ0) is 18.7. The molecule has 26 heavy (non-hydrogen) atoms. The molecule has 2 heterocycles. The lowest BCUT2D eigenvalue weighted by molar-refractivity contribution is 0.609. The van der Waals surface area contributed by atoms with Gasteiger partial charge in [0.2, 0.25) is 5.28 Å². The number of rotatable bonds is 1. The van der Waals surface area contributed by atoms with Crippen molar-refractivity contribution in [2.24, 2.45) is 7.05 Å². The third kappa shape index (κ3) is 2.22.